The van der Waals surface area contributed by atoms with Crippen LogP contribution in [0.25, 0.3) is 17.1 Å². The third-order valence-electron chi connectivity index (χ3n) is 4.08. The number of tetrazole rings is 1. The molecule has 4 aromatic rings. The first-order valence-electron chi connectivity index (χ1n) is 8.37. The molecular formula is C17H12BrF3N8S. The lowest BCUT2D eigenvalue weighted by Gasteiger charge is -2.08. The molecule has 0 saturated heterocycles. The number of benzene rings is 2. The van der Waals surface area contributed by atoms with Gasteiger partial charge in [0, 0.05) is 10.0 Å². The Balaban J connectivity index is 1.53. The molecule has 0 bridgehead atoms. The summed E-state index contributed by atoms with van der Waals surface area (Å²) in [6.07, 6.45) is -4.41. The second-order valence-corrected chi connectivity index (χ2v) is 7.79. The van der Waals surface area contributed by atoms with Crippen molar-refractivity contribution in [2.45, 2.75) is 17.1 Å². The van der Waals surface area contributed by atoms with E-state index in [4.69, 9.17) is 5.84 Å². The molecule has 4 rings (SSSR count). The summed E-state index contributed by atoms with van der Waals surface area (Å²) < 4.78 is 41.8. The molecule has 0 fully saturated rings. The van der Waals surface area contributed by atoms with Gasteiger partial charge in [-0.05, 0) is 46.8 Å². The predicted octanol–water partition coefficient (Wildman–Crippen LogP) is 3.71. The van der Waals surface area contributed by atoms with Gasteiger partial charge in [0.25, 0.3) is 0 Å². The van der Waals surface area contributed by atoms with Gasteiger partial charge in [0.1, 0.15) is 0 Å². The van der Waals surface area contributed by atoms with E-state index in [0.717, 1.165) is 22.2 Å². The Kier molecular flexibility index (Phi) is 5.47. The molecule has 0 saturated carbocycles. The quantitative estimate of drug-likeness (QED) is 0.332. The van der Waals surface area contributed by atoms with E-state index in [1.807, 2.05) is 24.3 Å². The fourth-order valence-electron chi connectivity index (χ4n) is 2.62. The summed E-state index contributed by atoms with van der Waals surface area (Å²) >= 11 is 4.70. The third-order valence-corrected chi connectivity index (χ3v) is 5.71. The van der Waals surface area contributed by atoms with Crippen molar-refractivity contribution in [2.75, 3.05) is 5.84 Å². The maximum Gasteiger partial charge on any atom is 0.416 e. The van der Waals surface area contributed by atoms with E-state index < -0.39 is 11.7 Å². The lowest BCUT2D eigenvalue weighted by molar-refractivity contribution is -0.137. The summed E-state index contributed by atoms with van der Waals surface area (Å²) in [6.45, 7) is 0. The molecule has 2 aromatic heterocycles. The van der Waals surface area contributed by atoms with Crippen LogP contribution in [0.15, 0.2) is 58.2 Å². The Morgan fingerprint density at radius 2 is 1.73 bits per heavy atom. The molecule has 13 heteroatoms. The predicted molar refractivity (Wildman–Crippen MR) is 107 cm³/mol. The highest BCUT2D eigenvalue weighted by Crippen LogP contribution is 2.31. The molecule has 0 atom stereocenters. The Labute approximate surface area is 180 Å². The zero-order chi connectivity index (χ0) is 21.3. The van der Waals surface area contributed by atoms with Crippen LogP contribution in [0.4, 0.5) is 13.2 Å². The standard InChI is InChI=1S/C17H12BrF3N8S/c18-13-4-2-1-3-12(13)15-24-25-16(28(15)22)30-9-14-23-26-27-29(14)11-7-5-10(6-8-11)17(19,20)21/h1-8H,9,22H2. The summed E-state index contributed by atoms with van der Waals surface area (Å²) in [5, 5.41) is 20.1. The number of alkyl halides is 3. The molecule has 2 N–H and O–H groups in total. The average Bonchev–Trinajstić information content (AvgIpc) is 3.33. The van der Waals surface area contributed by atoms with Crippen molar-refractivity contribution < 1.29 is 13.2 Å². The van der Waals surface area contributed by atoms with E-state index in [9.17, 15) is 13.2 Å². The number of halogens is 4. The van der Waals surface area contributed by atoms with Crippen LogP contribution in [0.2, 0.25) is 0 Å². The second-order valence-electron chi connectivity index (χ2n) is 6.00. The zero-order valence-corrected chi connectivity index (χ0v) is 17.4. The SMILES string of the molecule is Nn1c(SCc2nnnn2-c2ccc(C(F)(F)F)cc2)nnc1-c1ccccc1Br. The monoisotopic (exact) mass is 496 g/mol. The molecule has 0 radical (unpaired) electrons. The number of thioether (sulfide) groups is 1. The third kappa shape index (κ3) is 4.03. The molecule has 0 spiro atoms. The van der Waals surface area contributed by atoms with Crippen molar-refractivity contribution >= 4 is 27.7 Å². The average molecular weight is 497 g/mol. The number of rotatable bonds is 5. The van der Waals surface area contributed by atoms with Crippen molar-refractivity contribution in [2.24, 2.45) is 0 Å². The molecule has 8 nitrogen and oxygen atoms in total. The summed E-state index contributed by atoms with van der Waals surface area (Å²) in [6, 6.07) is 12.0. The summed E-state index contributed by atoms with van der Waals surface area (Å²) in [4.78, 5) is 0. The topological polar surface area (TPSA) is 100 Å². The van der Waals surface area contributed by atoms with Gasteiger partial charge in [-0.15, -0.1) is 15.3 Å². The van der Waals surface area contributed by atoms with Crippen LogP contribution in [-0.2, 0) is 11.9 Å². The minimum atomic E-state index is -4.41. The molecular weight excluding hydrogens is 485 g/mol. The van der Waals surface area contributed by atoms with Gasteiger partial charge in [0.2, 0.25) is 5.16 Å². The fourth-order valence-corrected chi connectivity index (χ4v) is 3.84. The summed E-state index contributed by atoms with van der Waals surface area (Å²) in [5.41, 5.74) is 0.451. The Bertz CT molecular complexity index is 1170. The van der Waals surface area contributed by atoms with Crippen LogP contribution in [-0.4, -0.2) is 35.1 Å². The van der Waals surface area contributed by atoms with Gasteiger partial charge in [0.05, 0.1) is 17.0 Å². The largest absolute Gasteiger partial charge is 0.416 e. The van der Waals surface area contributed by atoms with Crippen LogP contribution in [0, 0.1) is 0 Å². The van der Waals surface area contributed by atoms with Crippen LogP contribution >= 0.6 is 27.7 Å². The Morgan fingerprint density at radius 3 is 2.43 bits per heavy atom. The summed E-state index contributed by atoms with van der Waals surface area (Å²) in [5.74, 6) is 7.31. The number of nitrogens with two attached hydrogens (primary N) is 1. The van der Waals surface area contributed by atoms with E-state index in [2.05, 4.69) is 41.7 Å². The van der Waals surface area contributed by atoms with Crippen LogP contribution in [0.5, 0.6) is 0 Å². The minimum absolute atomic E-state index is 0.277. The van der Waals surface area contributed by atoms with Crippen LogP contribution in [0.1, 0.15) is 11.4 Å². The fraction of sp³-hybridized carbons (Fsp3) is 0.118. The maximum atomic E-state index is 12.8. The summed E-state index contributed by atoms with van der Waals surface area (Å²) in [7, 11) is 0. The van der Waals surface area contributed by atoms with Crippen LogP contribution < -0.4 is 5.84 Å². The van der Waals surface area contributed by atoms with Crippen molar-refractivity contribution in [3.05, 3.63) is 64.4 Å². The lowest BCUT2D eigenvalue weighted by atomic mass is 10.2. The number of aromatic nitrogens is 7. The molecule has 30 heavy (non-hydrogen) atoms. The van der Waals surface area contributed by atoms with Gasteiger partial charge in [-0.2, -0.15) is 17.9 Å². The van der Waals surface area contributed by atoms with Crippen molar-refractivity contribution in [3.63, 3.8) is 0 Å². The molecule has 0 unspecified atom stereocenters. The smallest absolute Gasteiger partial charge is 0.335 e. The number of nitrogen functional groups attached to an aromatic ring is 1. The van der Waals surface area contributed by atoms with E-state index in [0.29, 0.717) is 22.5 Å². The van der Waals surface area contributed by atoms with Gasteiger partial charge < -0.3 is 5.84 Å². The molecule has 0 aliphatic rings. The van der Waals surface area contributed by atoms with Crippen molar-refractivity contribution in [1.82, 2.24) is 35.1 Å². The first-order chi connectivity index (χ1) is 14.3. The van der Waals surface area contributed by atoms with Gasteiger partial charge in [0.15, 0.2) is 11.6 Å². The first-order valence-corrected chi connectivity index (χ1v) is 10.2. The highest BCUT2D eigenvalue weighted by molar-refractivity contribution is 9.10. The zero-order valence-electron chi connectivity index (χ0n) is 15.0. The van der Waals surface area contributed by atoms with E-state index >= 15 is 0 Å². The molecule has 2 aromatic carbocycles. The van der Waals surface area contributed by atoms with Crippen LogP contribution in [0.3, 0.4) is 0 Å². The highest BCUT2D eigenvalue weighted by Gasteiger charge is 2.30. The normalized spacial score (nSPS) is 11.7. The first kappa shape index (κ1) is 20.3. The Morgan fingerprint density at radius 1 is 1.00 bits per heavy atom. The molecule has 0 amide bonds. The van der Waals surface area contributed by atoms with Gasteiger partial charge in [-0.1, -0.05) is 39.8 Å². The minimum Gasteiger partial charge on any atom is -0.335 e. The van der Waals surface area contributed by atoms with E-state index in [-0.39, 0.29) is 5.75 Å². The number of nitrogens with zero attached hydrogens (tertiary/aromatic N) is 7. The highest BCUT2D eigenvalue weighted by atomic mass is 79.9. The molecule has 154 valence electrons. The van der Waals surface area contributed by atoms with Crippen molar-refractivity contribution in [1.29, 1.82) is 0 Å². The molecule has 2 heterocycles. The Hall–Kier alpha value is -2.93. The second kappa shape index (κ2) is 8.07. The van der Waals surface area contributed by atoms with Crippen molar-refractivity contribution in [3.8, 4) is 17.1 Å². The number of hydrogen-bond donors (Lipinski definition) is 1. The van der Waals surface area contributed by atoms with Gasteiger partial charge >= 0.3 is 6.18 Å². The van der Waals surface area contributed by atoms with Gasteiger partial charge in [-0.3, -0.25) is 0 Å². The number of hydrogen-bond acceptors (Lipinski definition) is 7. The van der Waals surface area contributed by atoms with E-state index in [1.165, 1.54) is 33.3 Å². The maximum absolute atomic E-state index is 12.8. The molecule has 0 aliphatic heterocycles. The van der Waals surface area contributed by atoms with Gasteiger partial charge in [-0.25, -0.2) is 4.68 Å². The lowest BCUT2D eigenvalue weighted by Crippen LogP contribution is -2.12. The van der Waals surface area contributed by atoms with E-state index in [1.54, 1.807) is 0 Å². The molecule has 0 aliphatic carbocycles.